The molecule has 0 radical (unpaired) electrons. The van der Waals surface area contributed by atoms with Crippen molar-refractivity contribution >= 4 is 39.3 Å². The molecular weight excluding hydrogens is 250 g/mol. The Balaban J connectivity index is 2.37. The molecule has 6 heteroatoms. The number of aromatic nitrogens is 2. The number of nitro groups is 1. The molecule has 3 rings (SSSR count). The molecule has 0 fully saturated rings. The van der Waals surface area contributed by atoms with Crippen LogP contribution in [0, 0.1) is 10.1 Å². The second kappa shape index (κ2) is 3.99. The van der Waals surface area contributed by atoms with Gasteiger partial charge in [0, 0.05) is 28.4 Å². The number of nitrogens with one attached hydrogen (secondary N) is 1. The predicted molar refractivity (Wildman–Crippen MR) is 72.0 cm³/mol. The number of nitrogens with zero attached hydrogens (tertiary/aromatic N) is 2. The molecule has 0 atom stereocenters. The van der Waals surface area contributed by atoms with E-state index in [-0.39, 0.29) is 10.6 Å². The summed E-state index contributed by atoms with van der Waals surface area (Å²) in [5, 5.41) is 13.5. The van der Waals surface area contributed by atoms with Crippen molar-refractivity contribution in [3.8, 4) is 0 Å². The summed E-state index contributed by atoms with van der Waals surface area (Å²) in [6, 6.07) is 6.77. The van der Waals surface area contributed by atoms with Gasteiger partial charge in [-0.2, -0.15) is 0 Å². The van der Waals surface area contributed by atoms with Crippen molar-refractivity contribution in [2.75, 3.05) is 6.26 Å². The highest BCUT2D eigenvalue weighted by molar-refractivity contribution is 7.98. The number of fused-ring (bicyclic) bond motifs is 3. The molecule has 0 saturated carbocycles. The molecule has 90 valence electrons. The molecule has 0 unspecified atom stereocenters. The van der Waals surface area contributed by atoms with Crippen LogP contribution in [0.4, 0.5) is 5.69 Å². The molecule has 2 heterocycles. The first-order valence-electron chi connectivity index (χ1n) is 5.29. The van der Waals surface area contributed by atoms with Gasteiger partial charge in [-0.3, -0.25) is 10.1 Å². The summed E-state index contributed by atoms with van der Waals surface area (Å²) >= 11 is 1.55. The van der Waals surface area contributed by atoms with Crippen LogP contribution in [0.15, 0.2) is 35.5 Å². The maximum absolute atomic E-state index is 10.8. The van der Waals surface area contributed by atoms with E-state index in [1.54, 1.807) is 30.1 Å². The fourth-order valence-corrected chi connectivity index (χ4v) is 2.39. The van der Waals surface area contributed by atoms with Crippen LogP contribution in [0.1, 0.15) is 0 Å². The third-order valence-corrected chi connectivity index (χ3v) is 3.50. The number of H-pyrrole nitrogens is 1. The Morgan fingerprint density at radius 2 is 2.06 bits per heavy atom. The summed E-state index contributed by atoms with van der Waals surface area (Å²) in [5.41, 5.74) is 1.88. The van der Waals surface area contributed by atoms with Crippen LogP contribution in [0.5, 0.6) is 0 Å². The van der Waals surface area contributed by atoms with Crippen LogP contribution in [-0.2, 0) is 0 Å². The Morgan fingerprint density at radius 1 is 1.28 bits per heavy atom. The maximum Gasteiger partial charge on any atom is 0.270 e. The zero-order valence-corrected chi connectivity index (χ0v) is 10.3. The zero-order chi connectivity index (χ0) is 12.7. The molecule has 0 spiro atoms. The van der Waals surface area contributed by atoms with E-state index in [0.29, 0.717) is 0 Å². The standard InChI is InChI=1S/C12H9N3O2S/c1-18-12-5-9-8-4-7(15(16)17)2-3-10(8)14-11(9)6-13-12/h2-6,14H,1H3. The topological polar surface area (TPSA) is 71.8 Å². The molecular formula is C12H9N3O2S. The van der Waals surface area contributed by atoms with E-state index in [4.69, 9.17) is 0 Å². The molecule has 0 saturated heterocycles. The number of aromatic amines is 1. The van der Waals surface area contributed by atoms with Gasteiger partial charge in [0.2, 0.25) is 0 Å². The van der Waals surface area contributed by atoms with Gasteiger partial charge >= 0.3 is 0 Å². The van der Waals surface area contributed by atoms with Crippen molar-refractivity contribution in [1.29, 1.82) is 0 Å². The highest BCUT2D eigenvalue weighted by Crippen LogP contribution is 2.29. The summed E-state index contributed by atoms with van der Waals surface area (Å²) in [6.45, 7) is 0. The van der Waals surface area contributed by atoms with Crippen molar-refractivity contribution in [2.24, 2.45) is 0 Å². The lowest BCUT2D eigenvalue weighted by molar-refractivity contribution is -0.384. The van der Waals surface area contributed by atoms with E-state index in [1.807, 2.05) is 12.3 Å². The average molecular weight is 259 g/mol. The van der Waals surface area contributed by atoms with Crippen LogP contribution >= 0.6 is 11.8 Å². The van der Waals surface area contributed by atoms with Crippen molar-refractivity contribution in [3.05, 3.63) is 40.6 Å². The van der Waals surface area contributed by atoms with E-state index < -0.39 is 0 Å². The number of hydrogen-bond donors (Lipinski definition) is 1. The number of pyridine rings is 1. The number of hydrogen-bond acceptors (Lipinski definition) is 4. The first kappa shape index (κ1) is 11.0. The number of benzene rings is 1. The van der Waals surface area contributed by atoms with Gasteiger partial charge in [-0.25, -0.2) is 4.98 Å². The lowest BCUT2D eigenvalue weighted by atomic mass is 10.2. The minimum atomic E-state index is -0.380. The molecule has 0 aliphatic rings. The Hall–Kier alpha value is -2.08. The lowest BCUT2D eigenvalue weighted by Gasteiger charge is -1.95. The second-order valence-corrected chi connectivity index (χ2v) is 4.71. The minimum Gasteiger partial charge on any atom is -0.353 e. The van der Waals surface area contributed by atoms with Crippen molar-refractivity contribution in [1.82, 2.24) is 9.97 Å². The van der Waals surface area contributed by atoms with Crippen molar-refractivity contribution in [3.63, 3.8) is 0 Å². The van der Waals surface area contributed by atoms with E-state index in [2.05, 4.69) is 9.97 Å². The number of nitro benzene ring substituents is 1. The number of thioether (sulfide) groups is 1. The summed E-state index contributed by atoms with van der Waals surface area (Å²) in [4.78, 5) is 17.9. The van der Waals surface area contributed by atoms with Crippen LogP contribution in [0.25, 0.3) is 21.8 Å². The van der Waals surface area contributed by atoms with E-state index >= 15 is 0 Å². The van der Waals surface area contributed by atoms with Crippen LogP contribution in [0.2, 0.25) is 0 Å². The maximum atomic E-state index is 10.8. The van der Waals surface area contributed by atoms with Gasteiger partial charge < -0.3 is 4.98 Å². The Kier molecular flexibility index (Phi) is 2.45. The monoisotopic (exact) mass is 259 g/mol. The van der Waals surface area contributed by atoms with Crippen LogP contribution in [-0.4, -0.2) is 21.1 Å². The molecule has 5 nitrogen and oxygen atoms in total. The van der Waals surface area contributed by atoms with Crippen molar-refractivity contribution < 1.29 is 4.92 Å². The third kappa shape index (κ3) is 1.62. The SMILES string of the molecule is CSc1cc2c(cn1)[nH]c1ccc([N+](=O)[O-])cc12. The summed E-state index contributed by atoms with van der Waals surface area (Å²) in [7, 11) is 0. The van der Waals surface area contributed by atoms with Gasteiger partial charge in [0.05, 0.1) is 21.7 Å². The van der Waals surface area contributed by atoms with E-state index in [0.717, 1.165) is 26.8 Å². The summed E-state index contributed by atoms with van der Waals surface area (Å²) < 4.78 is 0. The Morgan fingerprint density at radius 3 is 2.78 bits per heavy atom. The first-order valence-corrected chi connectivity index (χ1v) is 6.51. The Bertz CT molecular complexity index is 766. The summed E-state index contributed by atoms with van der Waals surface area (Å²) in [6.07, 6.45) is 3.71. The number of rotatable bonds is 2. The highest BCUT2D eigenvalue weighted by Gasteiger charge is 2.11. The molecule has 18 heavy (non-hydrogen) atoms. The van der Waals surface area contributed by atoms with Crippen molar-refractivity contribution in [2.45, 2.75) is 5.03 Å². The molecule has 0 aliphatic carbocycles. The van der Waals surface area contributed by atoms with E-state index in [1.165, 1.54) is 6.07 Å². The normalized spacial score (nSPS) is 11.2. The molecule has 0 amide bonds. The first-order chi connectivity index (χ1) is 8.69. The molecule has 1 aromatic carbocycles. The zero-order valence-electron chi connectivity index (χ0n) is 9.51. The van der Waals surface area contributed by atoms with Gasteiger partial charge in [-0.1, -0.05) is 0 Å². The van der Waals surface area contributed by atoms with Gasteiger partial charge in [-0.05, 0) is 18.4 Å². The van der Waals surface area contributed by atoms with Crippen LogP contribution < -0.4 is 0 Å². The molecule has 2 aromatic heterocycles. The Labute approximate surface area is 106 Å². The molecule has 0 bridgehead atoms. The smallest absolute Gasteiger partial charge is 0.270 e. The van der Waals surface area contributed by atoms with Gasteiger partial charge in [0.25, 0.3) is 5.69 Å². The highest BCUT2D eigenvalue weighted by atomic mass is 32.2. The molecule has 1 N–H and O–H groups in total. The largest absolute Gasteiger partial charge is 0.353 e. The quantitative estimate of drug-likeness (QED) is 0.435. The lowest BCUT2D eigenvalue weighted by Crippen LogP contribution is -1.86. The third-order valence-electron chi connectivity index (χ3n) is 2.86. The van der Waals surface area contributed by atoms with Gasteiger partial charge in [0.15, 0.2) is 0 Å². The predicted octanol–water partition coefficient (Wildman–Crippen LogP) is 3.35. The number of non-ortho nitro benzene ring substituents is 1. The summed E-state index contributed by atoms with van der Waals surface area (Å²) in [5.74, 6) is 0. The van der Waals surface area contributed by atoms with Crippen LogP contribution in [0.3, 0.4) is 0 Å². The van der Waals surface area contributed by atoms with Gasteiger partial charge in [-0.15, -0.1) is 11.8 Å². The fourth-order valence-electron chi connectivity index (χ4n) is 1.99. The molecule has 0 aliphatic heterocycles. The fraction of sp³-hybridized carbons (Fsp3) is 0.0833. The minimum absolute atomic E-state index is 0.103. The molecule has 3 aromatic rings. The second-order valence-electron chi connectivity index (χ2n) is 3.88. The van der Waals surface area contributed by atoms with E-state index in [9.17, 15) is 10.1 Å². The van der Waals surface area contributed by atoms with Gasteiger partial charge in [0.1, 0.15) is 0 Å². The average Bonchev–Trinajstić information content (AvgIpc) is 2.75.